The van der Waals surface area contributed by atoms with Gasteiger partial charge in [-0.3, -0.25) is 4.79 Å². The molecule has 0 radical (unpaired) electrons. The zero-order chi connectivity index (χ0) is 14.3. The van der Waals surface area contributed by atoms with Crippen LogP contribution in [0.4, 0.5) is 0 Å². The molecule has 106 valence electrons. The van der Waals surface area contributed by atoms with Crippen molar-refractivity contribution in [1.29, 1.82) is 0 Å². The summed E-state index contributed by atoms with van der Waals surface area (Å²) in [6.07, 6.45) is 0. The molecule has 0 heterocycles. The molecule has 4 nitrogen and oxygen atoms in total. The molecule has 0 fully saturated rings. The molecule has 5 heteroatoms. The van der Waals surface area contributed by atoms with Crippen LogP contribution in [0.1, 0.15) is 24.2 Å². The number of hydrogen-bond donors (Lipinski definition) is 1. The van der Waals surface area contributed by atoms with Gasteiger partial charge in [-0.05, 0) is 48.6 Å². The van der Waals surface area contributed by atoms with E-state index in [0.717, 1.165) is 6.54 Å². The van der Waals surface area contributed by atoms with Crippen molar-refractivity contribution in [1.82, 2.24) is 10.2 Å². The summed E-state index contributed by atoms with van der Waals surface area (Å²) in [5.74, 6) is 0.487. The number of likely N-dealkylation sites (N-methyl/N-ethyl adjacent to an activating group) is 1. The first-order chi connectivity index (χ1) is 9.10. The van der Waals surface area contributed by atoms with E-state index in [2.05, 4.69) is 40.0 Å². The van der Waals surface area contributed by atoms with Crippen molar-refractivity contribution in [2.45, 2.75) is 19.9 Å². The molecule has 1 rings (SSSR count). The van der Waals surface area contributed by atoms with Gasteiger partial charge in [-0.15, -0.1) is 0 Å². The second-order valence-corrected chi connectivity index (χ2v) is 4.84. The molecule has 0 aliphatic carbocycles. The average molecular weight is 329 g/mol. The highest BCUT2D eigenvalue weighted by Crippen LogP contribution is 2.18. The van der Waals surface area contributed by atoms with Crippen molar-refractivity contribution in [2.24, 2.45) is 0 Å². The Morgan fingerprint density at radius 1 is 1.47 bits per heavy atom. The molecule has 1 aromatic carbocycles. The van der Waals surface area contributed by atoms with Crippen LogP contribution in [0.3, 0.4) is 0 Å². The van der Waals surface area contributed by atoms with Gasteiger partial charge in [0.1, 0.15) is 11.3 Å². The van der Waals surface area contributed by atoms with E-state index >= 15 is 0 Å². The fourth-order valence-corrected chi connectivity index (χ4v) is 1.89. The van der Waals surface area contributed by atoms with Crippen molar-refractivity contribution in [2.75, 3.05) is 25.7 Å². The Balaban J connectivity index is 2.63. The molecule has 1 amide bonds. The van der Waals surface area contributed by atoms with Gasteiger partial charge in [0.05, 0.1) is 5.56 Å². The van der Waals surface area contributed by atoms with Crippen molar-refractivity contribution in [3.63, 3.8) is 0 Å². The molecular weight excluding hydrogens is 308 g/mol. The van der Waals surface area contributed by atoms with Gasteiger partial charge in [0.2, 0.25) is 0 Å². The van der Waals surface area contributed by atoms with E-state index in [1.54, 1.807) is 12.1 Å². The molecular formula is C14H21BrN2O2. The number of amides is 1. The van der Waals surface area contributed by atoms with Crippen molar-refractivity contribution >= 4 is 21.8 Å². The number of rotatable bonds is 7. The zero-order valence-corrected chi connectivity index (χ0v) is 13.2. The van der Waals surface area contributed by atoms with Gasteiger partial charge < -0.3 is 15.0 Å². The third-order valence-corrected chi connectivity index (χ3v) is 3.38. The highest BCUT2D eigenvalue weighted by Gasteiger charge is 2.13. The summed E-state index contributed by atoms with van der Waals surface area (Å²) in [7, 11) is 2.04. The monoisotopic (exact) mass is 328 g/mol. The van der Waals surface area contributed by atoms with Crippen molar-refractivity contribution in [3.05, 3.63) is 29.8 Å². The molecule has 19 heavy (non-hydrogen) atoms. The van der Waals surface area contributed by atoms with Gasteiger partial charge in [-0.1, -0.05) is 19.1 Å². The molecule has 1 atom stereocenters. The van der Waals surface area contributed by atoms with Crippen LogP contribution in [-0.2, 0) is 0 Å². The highest BCUT2D eigenvalue weighted by molar-refractivity contribution is 9.09. The zero-order valence-electron chi connectivity index (χ0n) is 11.6. The molecule has 0 bridgehead atoms. The van der Waals surface area contributed by atoms with E-state index in [9.17, 15) is 4.79 Å². The predicted octanol–water partition coefficient (Wildman–Crippen LogP) is 2.49. The number of carbonyl (C=O) groups is 1. The Kier molecular flexibility index (Phi) is 6.87. The van der Waals surface area contributed by atoms with E-state index < -0.39 is 0 Å². The maximum atomic E-state index is 12.1. The molecule has 1 aromatic rings. The number of ether oxygens (including phenoxy) is 1. The maximum Gasteiger partial charge on any atom is 0.255 e. The van der Waals surface area contributed by atoms with Gasteiger partial charge in [0.15, 0.2) is 0 Å². The van der Waals surface area contributed by atoms with Crippen LogP contribution >= 0.6 is 15.9 Å². The summed E-state index contributed by atoms with van der Waals surface area (Å²) in [5, 5.41) is 2.94. The Bertz CT molecular complexity index is 412. The predicted molar refractivity (Wildman–Crippen MR) is 81.0 cm³/mol. The fraction of sp³-hybridized carbons (Fsp3) is 0.500. The standard InChI is InChI=1S/C14H21BrN2O2/c1-4-17(3)11(2)9-16-14(18)12-7-5-6-8-13(12)19-10-15/h5-8,11H,4,9-10H2,1-3H3,(H,16,18). The summed E-state index contributed by atoms with van der Waals surface area (Å²) in [5.41, 5.74) is 0.931. The molecule has 0 saturated carbocycles. The summed E-state index contributed by atoms with van der Waals surface area (Å²) in [6.45, 7) is 5.76. The number of alkyl halides is 1. The first-order valence-electron chi connectivity index (χ1n) is 6.36. The summed E-state index contributed by atoms with van der Waals surface area (Å²) in [6, 6.07) is 7.54. The van der Waals surface area contributed by atoms with Crippen molar-refractivity contribution < 1.29 is 9.53 Å². The first kappa shape index (κ1) is 16.0. The Hall–Kier alpha value is -1.07. The SMILES string of the molecule is CCN(C)C(C)CNC(=O)c1ccccc1OCBr. The van der Waals surface area contributed by atoms with Crippen LogP contribution in [0.25, 0.3) is 0 Å². The minimum absolute atomic E-state index is 0.104. The number of nitrogens with zero attached hydrogens (tertiary/aromatic N) is 1. The molecule has 0 aliphatic heterocycles. The topological polar surface area (TPSA) is 41.6 Å². The smallest absolute Gasteiger partial charge is 0.255 e. The molecule has 0 spiro atoms. The third kappa shape index (κ3) is 4.84. The highest BCUT2D eigenvalue weighted by atomic mass is 79.9. The number of halogens is 1. The molecule has 0 aliphatic rings. The molecule has 1 unspecified atom stereocenters. The summed E-state index contributed by atoms with van der Waals surface area (Å²) < 4.78 is 5.38. The second-order valence-electron chi connectivity index (χ2n) is 4.38. The van der Waals surface area contributed by atoms with E-state index in [-0.39, 0.29) is 5.91 Å². The van der Waals surface area contributed by atoms with E-state index in [4.69, 9.17) is 4.74 Å². The maximum absolute atomic E-state index is 12.1. The number of benzene rings is 1. The van der Waals surface area contributed by atoms with Gasteiger partial charge in [-0.2, -0.15) is 0 Å². The Morgan fingerprint density at radius 2 is 2.16 bits per heavy atom. The lowest BCUT2D eigenvalue weighted by Gasteiger charge is -2.23. The quantitative estimate of drug-likeness (QED) is 0.782. The minimum Gasteiger partial charge on any atom is -0.482 e. The van der Waals surface area contributed by atoms with Crippen LogP contribution in [0.2, 0.25) is 0 Å². The molecule has 1 N–H and O–H groups in total. The molecule has 0 aromatic heterocycles. The van der Waals surface area contributed by atoms with Gasteiger partial charge in [-0.25, -0.2) is 0 Å². The number of hydrogen-bond acceptors (Lipinski definition) is 3. The third-order valence-electron chi connectivity index (χ3n) is 3.15. The van der Waals surface area contributed by atoms with Gasteiger partial charge in [0, 0.05) is 12.6 Å². The number of nitrogens with one attached hydrogen (secondary N) is 1. The lowest BCUT2D eigenvalue weighted by Crippen LogP contribution is -2.40. The first-order valence-corrected chi connectivity index (χ1v) is 7.48. The summed E-state index contributed by atoms with van der Waals surface area (Å²) in [4.78, 5) is 14.3. The van der Waals surface area contributed by atoms with Gasteiger partial charge in [0.25, 0.3) is 5.91 Å². The van der Waals surface area contributed by atoms with Crippen LogP contribution in [-0.4, -0.2) is 42.5 Å². The van der Waals surface area contributed by atoms with Crippen LogP contribution < -0.4 is 10.1 Å². The van der Waals surface area contributed by atoms with E-state index in [0.29, 0.717) is 29.4 Å². The van der Waals surface area contributed by atoms with E-state index in [1.807, 2.05) is 19.2 Å². The molecule has 0 saturated heterocycles. The van der Waals surface area contributed by atoms with Crippen molar-refractivity contribution in [3.8, 4) is 5.75 Å². The lowest BCUT2D eigenvalue weighted by molar-refractivity contribution is 0.0938. The van der Waals surface area contributed by atoms with Crippen LogP contribution in [0, 0.1) is 0 Å². The Morgan fingerprint density at radius 3 is 2.79 bits per heavy atom. The minimum atomic E-state index is -0.104. The summed E-state index contributed by atoms with van der Waals surface area (Å²) >= 11 is 3.20. The number of para-hydroxylation sites is 1. The average Bonchev–Trinajstić information content (AvgIpc) is 2.44. The van der Waals surface area contributed by atoms with Crippen LogP contribution in [0.5, 0.6) is 5.75 Å². The van der Waals surface area contributed by atoms with E-state index in [1.165, 1.54) is 0 Å². The second kappa shape index (κ2) is 8.17. The number of carbonyl (C=O) groups excluding carboxylic acids is 1. The largest absolute Gasteiger partial charge is 0.482 e. The van der Waals surface area contributed by atoms with Gasteiger partial charge >= 0.3 is 0 Å². The Labute approximate surface area is 123 Å². The van der Waals surface area contributed by atoms with Crippen LogP contribution in [0.15, 0.2) is 24.3 Å². The normalized spacial score (nSPS) is 12.3. The lowest BCUT2D eigenvalue weighted by atomic mass is 10.2. The fourth-order valence-electron chi connectivity index (χ4n) is 1.64.